The normalized spacial score (nSPS) is 30.2. The van der Waals surface area contributed by atoms with Crippen LogP contribution in [0.5, 0.6) is 0 Å². The van der Waals surface area contributed by atoms with E-state index in [1.54, 1.807) is 6.92 Å². The quantitative estimate of drug-likeness (QED) is 0.159. The van der Waals surface area contributed by atoms with E-state index in [9.17, 15) is 35.5 Å². The Kier molecular flexibility index (Phi) is 11.7. The maximum absolute atomic E-state index is 12.7. The lowest BCUT2D eigenvalue weighted by Crippen LogP contribution is -2.35. The summed E-state index contributed by atoms with van der Waals surface area (Å²) in [4.78, 5) is 24.8. The minimum atomic E-state index is -4.66. The summed E-state index contributed by atoms with van der Waals surface area (Å²) in [6.45, 7) is 7.26. The van der Waals surface area contributed by atoms with E-state index in [0.717, 1.165) is 62.0 Å². The molecule has 2 N–H and O–H groups in total. The molecule has 11 nitrogen and oxygen atoms in total. The van der Waals surface area contributed by atoms with Crippen LogP contribution in [0, 0.1) is 29.1 Å². The highest BCUT2D eigenvalue weighted by Gasteiger charge is 2.54. The number of esters is 2. The van der Waals surface area contributed by atoms with Crippen LogP contribution in [-0.2, 0) is 44.0 Å². The van der Waals surface area contributed by atoms with E-state index in [2.05, 4.69) is 0 Å². The molecule has 3 rings (SSSR count). The molecule has 3 aliphatic rings. The highest BCUT2D eigenvalue weighted by molar-refractivity contribution is 8.13. The molecule has 232 valence electrons. The Hall–Kier alpha value is -0.580. The van der Waals surface area contributed by atoms with Crippen LogP contribution in [0.3, 0.4) is 0 Å². The first-order valence-corrected chi connectivity index (χ1v) is 18.7. The molecule has 40 heavy (non-hydrogen) atoms. The molecule has 0 amide bonds. The average molecular weight is 647 g/mol. The molecule has 0 aromatic rings. The summed E-state index contributed by atoms with van der Waals surface area (Å²) in [5.74, 6) is -0.543. The number of carbonyl (C=O) groups is 2. The van der Waals surface area contributed by atoms with Crippen molar-refractivity contribution in [1.29, 1.82) is 0 Å². The fourth-order valence-corrected chi connectivity index (χ4v) is 10.9. The van der Waals surface area contributed by atoms with E-state index in [1.807, 2.05) is 20.8 Å². The number of ether oxygens (including phenoxy) is 3. The minimum Gasteiger partial charge on any atom is -0.463 e. The smallest absolute Gasteiger partial charge is 0.337 e. The average Bonchev–Trinajstić information content (AvgIpc) is 3.54. The van der Waals surface area contributed by atoms with Crippen molar-refractivity contribution < 1.29 is 49.7 Å². The molecule has 8 unspecified atom stereocenters. The molecule has 3 fully saturated rings. The van der Waals surface area contributed by atoms with Gasteiger partial charge in [-0.1, -0.05) is 34.1 Å². The molecule has 0 saturated heterocycles. The molecule has 0 aromatic carbocycles. The molecule has 0 aliphatic heterocycles. The van der Waals surface area contributed by atoms with Crippen LogP contribution in [0.15, 0.2) is 0 Å². The van der Waals surface area contributed by atoms with Crippen LogP contribution in [0.1, 0.15) is 66.2 Å². The van der Waals surface area contributed by atoms with Crippen LogP contribution in [0.25, 0.3) is 0 Å². The molecule has 3 saturated carbocycles. The largest absolute Gasteiger partial charge is 0.463 e. The topological polar surface area (TPSA) is 171 Å². The van der Waals surface area contributed by atoms with Crippen LogP contribution >= 0.6 is 23.5 Å². The third-order valence-corrected chi connectivity index (χ3v) is 13.6. The highest BCUT2D eigenvalue weighted by Crippen LogP contribution is 2.58. The maximum atomic E-state index is 12.7. The van der Waals surface area contributed by atoms with Crippen molar-refractivity contribution in [2.75, 3.05) is 25.6 Å². The highest BCUT2D eigenvalue weighted by atomic mass is 32.3. The van der Waals surface area contributed by atoms with Crippen LogP contribution in [0.4, 0.5) is 0 Å². The number of hydrogen-bond donors (Lipinski definition) is 2. The molecule has 8 atom stereocenters. The van der Waals surface area contributed by atoms with Gasteiger partial charge >= 0.3 is 11.9 Å². The van der Waals surface area contributed by atoms with Crippen molar-refractivity contribution in [1.82, 2.24) is 0 Å². The van der Waals surface area contributed by atoms with Gasteiger partial charge < -0.3 is 14.2 Å². The third kappa shape index (κ3) is 8.96. The van der Waals surface area contributed by atoms with Crippen molar-refractivity contribution >= 4 is 55.7 Å². The molecular weight excluding hydrogens is 605 g/mol. The summed E-state index contributed by atoms with van der Waals surface area (Å²) in [5, 5.41) is -0.115. The Morgan fingerprint density at radius 3 is 2.15 bits per heavy atom. The minimum absolute atomic E-state index is 0.0432. The summed E-state index contributed by atoms with van der Waals surface area (Å²) < 4.78 is 79.3. The van der Waals surface area contributed by atoms with Crippen molar-refractivity contribution in [3.05, 3.63) is 0 Å². The Labute approximate surface area is 246 Å². The van der Waals surface area contributed by atoms with Gasteiger partial charge in [0, 0.05) is 5.25 Å². The van der Waals surface area contributed by atoms with E-state index in [1.165, 1.54) is 0 Å². The summed E-state index contributed by atoms with van der Waals surface area (Å²) in [5.41, 5.74) is -0.344. The molecular formula is C25H42O11S4. The van der Waals surface area contributed by atoms with Crippen LogP contribution < -0.4 is 0 Å². The molecule has 0 spiro atoms. The zero-order valence-electron chi connectivity index (χ0n) is 23.4. The Bertz CT molecular complexity index is 1100. The summed E-state index contributed by atoms with van der Waals surface area (Å²) in [6.07, 6.45) is 5.31. The van der Waals surface area contributed by atoms with Crippen molar-refractivity contribution in [3.8, 4) is 0 Å². The van der Waals surface area contributed by atoms with Gasteiger partial charge in [-0.3, -0.25) is 9.11 Å². The number of rotatable bonds is 14. The van der Waals surface area contributed by atoms with Gasteiger partial charge in [-0.25, -0.2) is 9.59 Å². The number of thioether (sulfide) groups is 2. The van der Waals surface area contributed by atoms with E-state index in [4.69, 9.17) is 14.2 Å². The van der Waals surface area contributed by atoms with E-state index in [-0.39, 0.29) is 48.4 Å². The van der Waals surface area contributed by atoms with Gasteiger partial charge in [0.15, 0.2) is 0 Å². The van der Waals surface area contributed by atoms with Gasteiger partial charge in [0.2, 0.25) is 9.16 Å². The van der Waals surface area contributed by atoms with Crippen LogP contribution in [-0.4, -0.2) is 84.0 Å². The first-order valence-electron chi connectivity index (χ1n) is 13.7. The van der Waals surface area contributed by atoms with Gasteiger partial charge in [0.1, 0.15) is 6.61 Å². The van der Waals surface area contributed by atoms with Gasteiger partial charge in [-0.15, -0.1) is 23.5 Å². The lowest BCUT2D eigenvalue weighted by Gasteiger charge is -2.31. The predicted molar refractivity (Wildman–Crippen MR) is 153 cm³/mol. The summed E-state index contributed by atoms with van der Waals surface area (Å²) in [6, 6.07) is 0. The van der Waals surface area contributed by atoms with Crippen molar-refractivity contribution in [3.63, 3.8) is 0 Å². The maximum Gasteiger partial charge on any atom is 0.337 e. The van der Waals surface area contributed by atoms with Gasteiger partial charge in [-0.2, -0.15) is 16.8 Å². The first-order chi connectivity index (χ1) is 18.5. The summed E-state index contributed by atoms with van der Waals surface area (Å²) >= 11 is 1.77. The molecule has 0 heterocycles. The predicted octanol–water partition coefficient (Wildman–Crippen LogP) is 3.63. The monoisotopic (exact) mass is 646 g/mol. The van der Waals surface area contributed by atoms with E-state index >= 15 is 0 Å². The standard InChI is InChI=1S/C25H42O11S4/c1-5-37-23(39(28,29)30)21(26)35-12-11-34-18-13-15-9-10-16(18)20(15)17-7-6-8-19(17)38-24(40(31,32)33)22(27)36-14-25(2,3)4/h15-20,23-24H,5-14H2,1-4H3,(H,28,29,30)(H,31,32,33). The second-order valence-corrected chi connectivity index (χ2v) is 18.3. The van der Waals surface area contributed by atoms with Gasteiger partial charge in [-0.05, 0) is 66.9 Å². The number of carbonyl (C=O) groups excluding carboxylic acids is 2. The fraction of sp³-hybridized carbons (Fsp3) is 0.920. The van der Waals surface area contributed by atoms with Crippen LogP contribution in [0.2, 0.25) is 0 Å². The molecule has 0 radical (unpaired) electrons. The second-order valence-electron chi connectivity index (χ2n) is 12.0. The van der Waals surface area contributed by atoms with E-state index < -0.39 is 41.3 Å². The Morgan fingerprint density at radius 2 is 1.55 bits per heavy atom. The Balaban J connectivity index is 1.57. The Morgan fingerprint density at radius 1 is 0.900 bits per heavy atom. The number of fused-ring (bicyclic) bond motifs is 2. The molecule has 15 heteroatoms. The third-order valence-electron chi connectivity index (χ3n) is 7.77. The second kappa shape index (κ2) is 13.8. The van der Waals surface area contributed by atoms with Crippen molar-refractivity contribution in [2.45, 2.75) is 86.7 Å². The fourth-order valence-electron chi connectivity index (χ4n) is 6.34. The van der Waals surface area contributed by atoms with Gasteiger partial charge in [0.05, 0.1) is 19.3 Å². The first kappa shape index (κ1) is 33.9. The van der Waals surface area contributed by atoms with Gasteiger partial charge in [0.25, 0.3) is 20.2 Å². The molecule has 2 bridgehead atoms. The number of hydrogen-bond acceptors (Lipinski definition) is 11. The molecule has 3 aliphatic carbocycles. The molecule has 0 aromatic heterocycles. The lowest BCUT2D eigenvalue weighted by molar-refractivity contribution is -0.144. The lowest BCUT2D eigenvalue weighted by atomic mass is 9.82. The zero-order valence-corrected chi connectivity index (χ0v) is 26.7. The van der Waals surface area contributed by atoms with Crippen molar-refractivity contribution in [2.24, 2.45) is 29.1 Å². The van der Waals surface area contributed by atoms with E-state index in [0.29, 0.717) is 17.6 Å². The zero-order chi connectivity index (χ0) is 29.9. The SMILES string of the molecule is CCSC(C(=O)OCCOC1CC2CCC1C2C1CCCC1SC(C(=O)OCC(C)(C)C)S(=O)(=O)O)S(=O)(=O)O. The summed E-state index contributed by atoms with van der Waals surface area (Å²) in [7, 11) is -9.24.